The topological polar surface area (TPSA) is 61.4 Å². The number of nitrogens with zero attached hydrogens (tertiary/aromatic N) is 1. The fourth-order valence-electron chi connectivity index (χ4n) is 1.16. The summed E-state index contributed by atoms with van der Waals surface area (Å²) in [5.74, 6) is 0.0281. The molecule has 0 aromatic rings. The van der Waals surface area contributed by atoms with Crippen LogP contribution in [-0.4, -0.2) is 49.9 Å². The lowest BCUT2D eigenvalue weighted by atomic mass is 10.3. The van der Waals surface area contributed by atoms with Crippen LogP contribution in [0.15, 0.2) is 0 Å². The molecular formula is C10H21N3O2. The Morgan fingerprint density at radius 1 is 1.33 bits per heavy atom. The fourth-order valence-corrected chi connectivity index (χ4v) is 1.16. The lowest BCUT2D eigenvalue weighted by Crippen LogP contribution is -2.42. The molecule has 88 valence electrons. The molecule has 0 rings (SSSR count). The van der Waals surface area contributed by atoms with E-state index in [4.69, 9.17) is 0 Å². The van der Waals surface area contributed by atoms with Crippen molar-refractivity contribution in [2.24, 2.45) is 0 Å². The van der Waals surface area contributed by atoms with E-state index in [2.05, 4.69) is 10.6 Å². The molecule has 1 atom stereocenters. The largest absolute Gasteiger partial charge is 0.356 e. The summed E-state index contributed by atoms with van der Waals surface area (Å²) >= 11 is 0. The first kappa shape index (κ1) is 13.9. The first-order valence-electron chi connectivity index (χ1n) is 5.20. The minimum atomic E-state index is -0.241. The van der Waals surface area contributed by atoms with Crippen molar-refractivity contribution in [2.75, 3.05) is 27.2 Å². The minimum Gasteiger partial charge on any atom is -0.356 e. The average molecular weight is 215 g/mol. The zero-order valence-electron chi connectivity index (χ0n) is 9.96. The summed E-state index contributed by atoms with van der Waals surface area (Å²) in [7, 11) is 3.43. The van der Waals surface area contributed by atoms with Gasteiger partial charge in [0.2, 0.25) is 11.8 Å². The third-order valence-electron chi connectivity index (χ3n) is 1.99. The van der Waals surface area contributed by atoms with E-state index < -0.39 is 0 Å². The molecule has 5 heteroatoms. The predicted octanol–water partition coefficient (Wildman–Crippen LogP) is -0.421. The predicted molar refractivity (Wildman–Crippen MR) is 59.5 cm³/mol. The second-order valence-electron chi connectivity index (χ2n) is 3.61. The smallest absolute Gasteiger partial charge is 0.238 e. The molecule has 0 radical (unpaired) electrons. The molecule has 0 saturated carbocycles. The molecule has 0 aliphatic heterocycles. The van der Waals surface area contributed by atoms with E-state index in [1.54, 1.807) is 21.0 Å². The third kappa shape index (κ3) is 6.06. The zero-order valence-corrected chi connectivity index (χ0v) is 9.96. The highest BCUT2D eigenvalue weighted by atomic mass is 16.2. The Bertz CT molecular complexity index is 217. The first-order valence-corrected chi connectivity index (χ1v) is 5.20. The molecule has 0 spiro atoms. The Balaban J connectivity index is 3.68. The van der Waals surface area contributed by atoms with Crippen LogP contribution >= 0.6 is 0 Å². The van der Waals surface area contributed by atoms with Crippen molar-refractivity contribution in [3.8, 4) is 0 Å². The number of hydrogen-bond acceptors (Lipinski definition) is 3. The summed E-state index contributed by atoms with van der Waals surface area (Å²) in [5.41, 5.74) is 0. The molecule has 15 heavy (non-hydrogen) atoms. The second-order valence-corrected chi connectivity index (χ2v) is 3.61. The fraction of sp³-hybridized carbons (Fsp3) is 0.800. The molecule has 0 saturated heterocycles. The lowest BCUT2D eigenvalue weighted by molar-refractivity contribution is -0.130. The van der Waals surface area contributed by atoms with Crippen molar-refractivity contribution >= 4 is 11.8 Å². The van der Waals surface area contributed by atoms with Crippen molar-refractivity contribution < 1.29 is 9.59 Å². The van der Waals surface area contributed by atoms with Gasteiger partial charge >= 0.3 is 0 Å². The van der Waals surface area contributed by atoms with Crippen molar-refractivity contribution in [3.05, 3.63) is 0 Å². The Morgan fingerprint density at radius 3 is 2.40 bits per heavy atom. The van der Waals surface area contributed by atoms with E-state index in [1.165, 1.54) is 4.90 Å². The van der Waals surface area contributed by atoms with Crippen LogP contribution in [0, 0.1) is 0 Å². The molecular weight excluding hydrogens is 194 g/mol. The molecule has 0 aromatic heterocycles. The number of amides is 2. The average Bonchev–Trinajstić information content (AvgIpc) is 2.16. The van der Waals surface area contributed by atoms with Gasteiger partial charge in [-0.25, -0.2) is 0 Å². The maximum Gasteiger partial charge on any atom is 0.238 e. The molecule has 2 N–H and O–H groups in total. The summed E-state index contributed by atoms with van der Waals surface area (Å²) in [6.07, 6.45) is 0.402. The molecule has 0 aromatic carbocycles. The van der Waals surface area contributed by atoms with E-state index in [1.807, 2.05) is 6.92 Å². The summed E-state index contributed by atoms with van der Waals surface area (Å²) in [4.78, 5) is 24.0. The Morgan fingerprint density at radius 2 is 1.93 bits per heavy atom. The molecule has 0 fully saturated rings. The van der Waals surface area contributed by atoms with E-state index >= 15 is 0 Å². The van der Waals surface area contributed by atoms with Crippen LogP contribution in [-0.2, 0) is 9.59 Å². The van der Waals surface area contributed by atoms with Gasteiger partial charge in [-0.05, 0) is 13.8 Å². The lowest BCUT2D eigenvalue weighted by Gasteiger charge is -2.17. The van der Waals surface area contributed by atoms with Gasteiger partial charge in [-0.1, -0.05) is 0 Å². The highest BCUT2D eigenvalue weighted by Crippen LogP contribution is 1.89. The SMILES string of the molecule is CCNC(=O)CCNC(C)C(=O)N(C)C. The maximum atomic E-state index is 11.4. The highest BCUT2D eigenvalue weighted by molar-refractivity contribution is 5.81. The quantitative estimate of drug-likeness (QED) is 0.632. The molecule has 0 bridgehead atoms. The summed E-state index contributed by atoms with van der Waals surface area (Å²) in [6, 6.07) is -0.241. The number of carbonyl (C=O) groups excluding carboxylic acids is 2. The summed E-state index contributed by atoms with van der Waals surface area (Å²) in [5, 5.41) is 5.70. The van der Waals surface area contributed by atoms with Crippen molar-refractivity contribution in [1.29, 1.82) is 0 Å². The van der Waals surface area contributed by atoms with Gasteiger partial charge in [-0.15, -0.1) is 0 Å². The Hall–Kier alpha value is -1.10. The van der Waals surface area contributed by atoms with Crippen LogP contribution < -0.4 is 10.6 Å². The number of nitrogens with one attached hydrogen (secondary N) is 2. The minimum absolute atomic E-state index is 0.00880. The van der Waals surface area contributed by atoms with Gasteiger partial charge in [-0.2, -0.15) is 0 Å². The van der Waals surface area contributed by atoms with Gasteiger partial charge in [-0.3, -0.25) is 9.59 Å². The number of likely N-dealkylation sites (N-methyl/N-ethyl adjacent to an activating group) is 1. The van der Waals surface area contributed by atoms with Crippen LogP contribution in [0.2, 0.25) is 0 Å². The summed E-state index contributed by atoms with van der Waals surface area (Å²) < 4.78 is 0. The van der Waals surface area contributed by atoms with Crippen LogP contribution in [0.25, 0.3) is 0 Å². The van der Waals surface area contributed by atoms with Crippen molar-refractivity contribution in [2.45, 2.75) is 26.3 Å². The number of hydrogen-bond donors (Lipinski definition) is 2. The van der Waals surface area contributed by atoms with Gasteiger partial charge < -0.3 is 15.5 Å². The van der Waals surface area contributed by atoms with Gasteiger partial charge in [0.05, 0.1) is 6.04 Å². The summed E-state index contributed by atoms with van der Waals surface area (Å²) in [6.45, 7) is 4.83. The zero-order chi connectivity index (χ0) is 11.8. The maximum absolute atomic E-state index is 11.4. The Labute approximate surface area is 91.2 Å². The molecule has 2 amide bonds. The van der Waals surface area contributed by atoms with Gasteiger partial charge in [0.1, 0.15) is 0 Å². The molecule has 0 aliphatic rings. The molecule has 0 heterocycles. The number of rotatable bonds is 6. The monoisotopic (exact) mass is 215 g/mol. The van der Waals surface area contributed by atoms with Crippen molar-refractivity contribution in [1.82, 2.24) is 15.5 Å². The van der Waals surface area contributed by atoms with Gasteiger partial charge in [0.15, 0.2) is 0 Å². The van der Waals surface area contributed by atoms with Gasteiger partial charge in [0, 0.05) is 33.6 Å². The van der Waals surface area contributed by atoms with E-state index in [9.17, 15) is 9.59 Å². The standard InChI is InChI=1S/C10H21N3O2/c1-5-11-9(14)6-7-12-8(2)10(15)13(3)4/h8,12H,5-7H2,1-4H3,(H,11,14). The molecule has 5 nitrogen and oxygen atoms in total. The van der Waals surface area contributed by atoms with Crippen LogP contribution in [0.1, 0.15) is 20.3 Å². The van der Waals surface area contributed by atoms with E-state index in [-0.39, 0.29) is 17.9 Å². The van der Waals surface area contributed by atoms with E-state index in [0.717, 1.165) is 0 Å². The second kappa shape index (κ2) is 7.23. The molecule has 1 unspecified atom stereocenters. The molecule has 0 aliphatic carbocycles. The van der Waals surface area contributed by atoms with Crippen LogP contribution in [0.3, 0.4) is 0 Å². The van der Waals surface area contributed by atoms with E-state index in [0.29, 0.717) is 19.5 Å². The van der Waals surface area contributed by atoms with Gasteiger partial charge in [0.25, 0.3) is 0 Å². The highest BCUT2D eigenvalue weighted by Gasteiger charge is 2.13. The number of carbonyl (C=O) groups is 2. The Kier molecular flexibility index (Phi) is 6.70. The van der Waals surface area contributed by atoms with Crippen LogP contribution in [0.4, 0.5) is 0 Å². The first-order chi connectivity index (χ1) is 6.99. The van der Waals surface area contributed by atoms with Crippen LogP contribution in [0.5, 0.6) is 0 Å². The normalized spacial score (nSPS) is 12.0. The third-order valence-corrected chi connectivity index (χ3v) is 1.99. The van der Waals surface area contributed by atoms with Crippen molar-refractivity contribution in [3.63, 3.8) is 0 Å².